The summed E-state index contributed by atoms with van der Waals surface area (Å²) in [7, 11) is 1.32. The molecule has 0 saturated carbocycles. The van der Waals surface area contributed by atoms with Crippen LogP contribution in [0.15, 0.2) is 48.5 Å². The summed E-state index contributed by atoms with van der Waals surface area (Å²) in [6, 6.07) is 12.2. The van der Waals surface area contributed by atoms with Crippen LogP contribution in [0, 0.1) is 10.1 Å². The number of esters is 1. The van der Waals surface area contributed by atoms with Crippen LogP contribution in [0.25, 0.3) is 0 Å². The van der Waals surface area contributed by atoms with Crippen LogP contribution < -0.4 is 5.32 Å². The first-order valence-electron chi connectivity index (χ1n) is 6.71. The molecule has 1 N–H and O–H groups in total. The Bertz CT molecular complexity index is 740. The number of non-ortho nitro benzene ring substituents is 1. The van der Waals surface area contributed by atoms with Gasteiger partial charge in [0, 0.05) is 23.4 Å². The minimum atomic E-state index is -0.557. The summed E-state index contributed by atoms with van der Waals surface area (Å²) in [5.41, 5.74) is 1.32. The molecule has 0 bridgehead atoms. The fraction of sp³-hybridized carbons (Fsp3) is 0.125. The number of anilines is 1. The number of rotatable bonds is 5. The highest BCUT2D eigenvalue weighted by Crippen LogP contribution is 2.16. The van der Waals surface area contributed by atoms with Gasteiger partial charge in [0.2, 0.25) is 0 Å². The number of amides is 1. The zero-order chi connectivity index (χ0) is 16.8. The molecule has 0 spiro atoms. The highest BCUT2D eigenvalue weighted by molar-refractivity contribution is 6.04. The number of nitrogens with one attached hydrogen (secondary N) is 1. The topological polar surface area (TPSA) is 98.5 Å². The number of hydrogen-bond donors (Lipinski definition) is 1. The third-order valence-corrected chi connectivity index (χ3v) is 3.11. The number of nitrogens with zero attached hydrogens (tertiary/aromatic N) is 1. The molecule has 0 heterocycles. The van der Waals surface area contributed by atoms with Gasteiger partial charge in [-0.15, -0.1) is 0 Å². The second kappa shape index (κ2) is 7.17. The summed E-state index contributed by atoms with van der Waals surface area (Å²) < 4.78 is 4.57. The predicted octanol–water partition coefficient (Wildman–Crippen LogP) is 2.56. The number of benzene rings is 2. The molecule has 23 heavy (non-hydrogen) atoms. The van der Waals surface area contributed by atoms with Gasteiger partial charge >= 0.3 is 5.97 Å². The monoisotopic (exact) mass is 314 g/mol. The standard InChI is InChI=1S/C16H14N2O5/c1-23-15(19)9-11-5-7-13(8-6-11)17-16(20)12-3-2-4-14(10-12)18(21)22/h2-8,10H,9H2,1H3,(H,17,20). The van der Waals surface area contributed by atoms with E-state index in [1.165, 1.54) is 31.4 Å². The summed E-state index contributed by atoms with van der Waals surface area (Å²) in [6.45, 7) is 0. The van der Waals surface area contributed by atoms with Crippen molar-refractivity contribution in [1.29, 1.82) is 0 Å². The summed E-state index contributed by atoms with van der Waals surface area (Å²) in [4.78, 5) is 33.4. The van der Waals surface area contributed by atoms with Crippen molar-refractivity contribution in [3.63, 3.8) is 0 Å². The molecule has 0 saturated heterocycles. The van der Waals surface area contributed by atoms with E-state index in [-0.39, 0.29) is 23.6 Å². The van der Waals surface area contributed by atoms with Crippen LogP contribution in [0.5, 0.6) is 0 Å². The maximum Gasteiger partial charge on any atom is 0.309 e. The van der Waals surface area contributed by atoms with E-state index in [0.29, 0.717) is 5.69 Å². The summed E-state index contributed by atoms with van der Waals surface area (Å²) in [5, 5.41) is 13.4. The van der Waals surface area contributed by atoms with Gasteiger partial charge in [0.1, 0.15) is 0 Å². The first kappa shape index (κ1) is 16.2. The quantitative estimate of drug-likeness (QED) is 0.519. The van der Waals surface area contributed by atoms with Crippen molar-refractivity contribution in [2.45, 2.75) is 6.42 Å². The Balaban J connectivity index is 2.07. The van der Waals surface area contributed by atoms with Crippen LogP contribution in [-0.2, 0) is 16.0 Å². The van der Waals surface area contributed by atoms with E-state index >= 15 is 0 Å². The molecule has 0 unspecified atom stereocenters. The SMILES string of the molecule is COC(=O)Cc1ccc(NC(=O)c2cccc([N+](=O)[O-])c2)cc1. The summed E-state index contributed by atoms with van der Waals surface area (Å²) in [5.74, 6) is -0.798. The lowest BCUT2D eigenvalue weighted by atomic mass is 10.1. The van der Waals surface area contributed by atoms with Gasteiger partial charge in [0.25, 0.3) is 11.6 Å². The largest absolute Gasteiger partial charge is 0.469 e. The van der Waals surface area contributed by atoms with E-state index in [9.17, 15) is 19.7 Å². The fourth-order valence-electron chi connectivity index (χ4n) is 1.91. The molecule has 2 aromatic rings. The van der Waals surface area contributed by atoms with E-state index < -0.39 is 10.8 Å². The normalized spacial score (nSPS) is 9.96. The molecule has 7 nitrogen and oxygen atoms in total. The fourth-order valence-corrected chi connectivity index (χ4v) is 1.91. The molecule has 7 heteroatoms. The van der Waals surface area contributed by atoms with Crippen LogP contribution in [0.3, 0.4) is 0 Å². The molecule has 1 amide bonds. The van der Waals surface area contributed by atoms with Crippen LogP contribution in [0.4, 0.5) is 11.4 Å². The van der Waals surface area contributed by atoms with Crippen molar-refractivity contribution in [1.82, 2.24) is 0 Å². The van der Waals surface area contributed by atoms with Crippen LogP contribution in [-0.4, -0.2) is 23.9 Å². The van der Waals surface area contributed by atoms with Crippen molar-refractivity contribution < 1.29 is 19.2 Å². The zero-order valence-corrected chi connectivity index (χ0v) is 12.3. The molecular weight excluding hydrogens is 300 g/mol. The first-order chi connectivity index (χ1) is 11.0. The van der Waals surface area contributed by atoms with Gasteiger partial charge in [0.05, 0.1) is 18.5 Å². The maximum atomic E-state index is 12.1. The Morgan fingerprint density at radius 2 is 1.87 bits per heavy atom. The van der Waals surface area contributed by atoms with Crippen LogP contribution in [0.2, 0.25) is 0 Å². The Morgan fingerprint density at radius 1 is 1.17 bits per heavy atom. The molecule has 0 atom stereocenters. The summed E-state index contributed by atoms with van der Waals surface area (Å²) in [6.07, 6.45) is 0.148. The first-order valence-corrected chi connectivity index (χ1v) is 6.71. The predicted molar refractivity (Wildman–Crippen MR) is 83.2 cm³/mol. The van der Waals surface area contributed by atoms with E-state index in [2.05, 4.69) is 10.1 Å². The number of nitro groups is 1. The molecule has 0 aliphatic heterocycles. The van der Waals surface area contributed by atoms with Gasteiger partial charge in [0.15, 0.2) is 0 Å². The van der Waals surface area contributed by atoms with Gasteiger partial charge in [-0.05, 0) is 23.8 Å². The van der Waals surface area contributed by atoms with Gasteiger partial charge in [-0.25, -0.2) is 0 Å². The van der Waals surface area contributed by atoms with Crippen molar-refractivity contribution in [3.05, 3.63) is 69.8 Å². The van der Waals surface area contributed by atoms with Crippen molar-refractivity contribution in [2.75, 3.05) is 12.4 Å². The molecule has 2 aromatic carbocycles. The second-order valence-corrected chi connectivity index (χ2v) is 4.71. The number of carbonyl (C=O) groups excluding carboxylic acids is 2. The summed E-state index contributed by atoms with van der Waals surface area (Å²) >= 11 is 0. The Hall–Kier alpha value is -3.22. The average Bonchev–Trinajstić information content (AvgIpc) is 2.56. The molecule has 118 valence electrons. The number of hydrogen-bond acceptors (Lipinski definition) is 5. The van der Waals surface area contributed by atoms with Crippen molar-refractivity contribution in [3.8, 4) is 0 Å². The van der Waals surface area contributed by atoms with Crippen LogP contribution >= 0.6 is 0 Å². The smallest absolute Gasteiger partial charge is 0.309 e. The van der Waals surface area contributed by atoms with E-state index in [1.807, 2.05) is 0 Å². The second-order valence-electron chi connectivity index (χ2n) is 4.71. The molecular formula is C16H14N2O5. The molecule has 0 aliphatic carbocycles. The number of carbonyl (C=O) groups is 2. The molecule has 0 radical (unpaired) electrons. The van der Waals surface area contributed by atoms with E-state index in [0.717, 1.165) is 5.56 Å². The highest BCUT2D eigenvalue weighted by atomic mass is 16.6. The third kappa shape index (κ3) is 4.37. The highest BCUT2D eigenvalue weighted by Gasteiger charge is 2.11. The van der Waals surface area contributed by atoms with Gasteiger partial charge in [-0.2, -0.15) is 0 Å². The Morgan fingerprint density at radius 3 is 2.48 bits per heavy atom. The third-order valence-electron chi connectivity index (χ3n) is 3.11. The number of ether oxygens (including phenoxy) is 1. The van der Waals surface area contributed by atoms with Gasteiger partial charge < -0.3 is 10.1 Å². The number of nitro benzene ring substituents is 1. The maximum absolute atomic E-state index is 12.1. The molecule has 2 rings (SSSR count). The minimum absolute atomic E-state index is 0.147. The van der Waals surface area contributed by atoms with Crippen molar-refractivity contribution >= 4 is 23.3 Å². The Labute approximate surface area is 132 Å². The molecule has 0 fully saturated rings. The average molecular weight is 314 g/mol. The molecule has 0 aliphatic rings. The lowest BCUT2D eigenvalue weighted by Gasteiger charge is -2.06. The molecule has 0 aromatic heterocycles. The minimum Gasteiger partial charge on any atom is -0.469 e. The Kier molecular flexibility index (Phi) is 5.03. The van der Waals surface area contributed by atoms with Crippen LogP contribution in [0.1, 0.15) is 15.9 Å². The van der Waals surface area contributed by atoms with Gasteiger partial charge in [-0.3, -0.25) is 19.7 Å². The number of methoxy groups -OCH3 is 1. The van der Waals surface area contributed by atoms with Gasteiger partial charge in [-0.1, -0.05) is 18.2 Å². The lowest BCUT2D eigenvalue weighted by molar-refractivity contribution is -0.384. The van der Waals surface area contributed by atoms with Crippen molar-refractivity contribution in [2.24, 2.45) is 0 Å². The van der Waals surface area contributed by atoms with E-state index in [1.54, 1.807) is 24.3 Å². The lowest BCUT2D eigenvalue weighted by Crippen LogP contribution is -2.12. The van der Waals surface area contributed by atoms with E-state index in [4.69, 9.17) is 0 Å². The zero-order valence-electron chi connectivity index (χ0n) is 12.3.